The standard InChI is InChI=1S/C15H14BrN3O/c1-20-9-10-4-2-3-5-12(10)14-15(17)19-8-11(16)6-7-13(19)18-14/h2-8H,9,17H2,1H3. The van der Waals surface area contributed by atoms with Gasteiger partial charge in [0, 0.05) is 23.3 Å². The fourth-order valence-corrected chi connectivity index (χ4v) is 2.60. The second-order valence-electron chi connectivity index (χ2n) is 4.51. The zero-order valence-corrected chi connectivity index (χ0v) is 12.6. The summed E-state index contributed by atoms with van der Waals surface area (Å²) in [7, 11) is 1.68. The van der Waals surface area contributed by atoms with Crippen molar-refractivity contribution in [2.24, 2.45) is 0 Å². The fourth-order valence-electron chi connectivity index (χ4n) is 2.27. The lowest BCUT2D eigenvalue weighted by molar-refractivity contribution is 0.185. The second kappa shape index (κ2) is 5.26. The van der Waals surface area contributed by atoms with E-state index in [0.717, 1.165) is 26.9 Å². The summed E-state index contributed by atoms with van der Waals surface area (Å²) in [6.07, 6.45) is 1.92. The van der Waals surface area contributed by atoms with Crippen molar-refractivity contribution in [3.63, 3.8) is 0 Å². The number of methoxy groups -OCH3 is 1. The molecule has 5 heteroatoms. The topological polar surface area (TPSA) is 52.5 Å². The number of nitrogens with zero attached hydrogens (tertiary/aromatic N) is 2. The number of fused-ring (bicyclic) bond motifs is 1. The van der Waals surface area contributed by atoms with Gasteiger partial charge < -0.3 is 10.5 Å². The molecule has 1 aromatic carbocycles. The van der Waals surface area contributed by atoms with Gasteiger partial charge in [-0.25, -0.2) is 4.98 Å². The van der Waals surface area contributed by atoms with Crippen molar-refractivity contribution < 1.29 is 4.74 Å². The molecule has 20 heavy (non-hydrogen) atoms. The minimum absolute atomic E-state index is 0.535. The van der Waals surface area contributed by atoms with E-state index in [1.165, 1.54) is 0 Å². The van der Waals surface area contributed by atoms with Crippen LogP contribution in [0.15, 0.2) is 47.1 Å². The Morgan fingerprint density at radius 1 is 1.25 bits per heavy atom. The Balaban J connectivity index is 2.22. The molecule has 3 aromatic rings. The molecule has 4 nitrogen and oxygen atoms in total. The van der Waals surface area contributed by atoms with Gasteiger partial charge in [0.15, 0.2) is 0 Å². The third-order valence-corrected chi connectivity index (χ3v) is 3.66. The van der Waals surface area contributed by atoms with E-state index in [-0.39, 0.29) is 0 Å². The van der Waals surface area contributed by atoms with Gasteiger partial charge in [-0.2, -0.15) is 0 Å². The molecule has 0 spiro atoms. The smallest absolute Gasteiger partial charge is 0.139 e. The predicted octanol–water partition coefficient (Wildman–Crippen LogP) is 3.49. The minimum atomic E-state index is 0.535. The van der Waals surface area contributed by atoms with Crippen LogP contribution in [0.25, 0.3) is 16.9 Å². The van der Waals surface area contributed by atoms with Crippen molar-refractivity contribution >= 4 is 27.4 Å². The molecule has 0 bridgehead atoms. The van der Waals surface area contributed by atoms with Gasteiger partial charge in [0.1, 0.15) is 17.2 Å². The lowest BCUT2D eigenvalue weighted by atomic mass is 10.1. The zero-order chi connectivity index (χ0) is 14.1. The van der Waals surface area contributed by atoms with Gasteiger partial charge >= 0.3 is 0 Å². The average Bonchev–Trinajstić information content (AvgIpc) is 2.77. The molecule has 2 N–H and O–H groups in total. The number of nitrogens with two attached hydrogens (primary N) is 1. The Kier molecular flexibility index (Phi) is 3.46. The summed E-state index contributed by atoms with van der Waals surface area (Å²) in [5.41, 5.74) is 9.94. The molecule has 0 saturated carbocycles. The molecule has 0 aliphatic heterocycles. The Morgan fingerprint density at radius 3 is 2.85 bits per heavy atom. The SMILES string of the molecule is COCc1ccccc1-c1nc2ccc(Br)cn2c1N. The van der Waals surface area contributed by atoms with E-state index in [4.69, 9.17) is 10.5 Å². The Hall–Kier alpha value is -1.85. The van der Waals surface area contributed by atoms with Crippen LogP contribution in [0.3, 0.4) is 0 Å². The van der Waals surface area contributed by atoms with Crippen molar-refractivity contribution in [1.82, 2.24) is 9.38 Å². The molecule has 2 heterocycles. The third kappa shape index (κ3) is 2.19. The first-order valence-electron chi connectivity index (χ1n) is 6.21. The van der Waals surface area contributed by atoms with Crippen LogP contribution in [0, 0.1) is 0 Å². The van der Waals surface area contributed by atoms with Gasteiger partial charge in [-0.05, 0) is 33.6 Å². The molecular formula is C15H14BrN3O. The van der Waals surface area contributed by atoms with E-state index in [1.807, 2.05) is 47.0 Å². The van der Waals surface area contributed by atoms with E-state index >= 15 is 0 Å². The summed E-state index contributed by atoms with van der Waals surface area (Å²) in [6, 6.07) is 11.9. The highest BCUT2D eigenvalue weighted by Crippen LogP contribution is 2.30. The number of nitrogen functional groups attached to an aromatic ring is 1. The summed E-state index contributed by atoms with van der Waals surface area (Å²) in [5, 5.41) is 0. The third-order valence-electron chi connectivity index (χ3n) is 3.19. The number of imidazole rings is 1. The molecular weight excluding hydrogens is 318 g/mol. The maximum Gasteiger partial charge on any atom is 0.139 e. The van der Waals surface area contributed by atoms with Crippen molar-refractivity contribution in [3.05, 3.63) is 52.6 Å². The van der Waals surface area contributed by atoms with Crippen LogP contribution < -0.4 is 5.73 Å². The van der Waals surface area contributed by atoms with Gasteiger partial charge in [0.05, 0.1) is 6.61 Å². The second-order valence-corrected chi connectivity index (χ2v) is 5.43. The van der Waals surface area contributed by atoms with Crippen LogP contribution in [-0.2, 0) is 11.3 Å². The van der Waals surface area contributed by atoms with Crippen molar-refractivity contribution in [2.45, 2.75) is 6.61 Å². The maximum absolute atomic E-state index is 6.24. The number of pyridine rings is 1. The Morgan fingerprint density at radius 2 is 2.05 bits per heavy atom. The zero-order valence-electron chi connectivity index (χ0n) is 11.0. The largest absolute Gasteiger partial charge is 0.383 e. The van der Waals surface area contributed by atoms with Gasteiger partial charge in [0.2, 0.25) is 0 Å². The molecule has 0 radical (unpaired) electrons. The molecule has 0 aliphatic carbocycles. The molecule has 102 valence electrons. The quantitative estimate of drug-likeness (QED) is 0.799. The van der Waals surface area contributed by atoms with Crippen LogP contribution in [-0.4, -0.2) is 16.5 Å². The van der Waals surface area contributed by atoms with Crippen molar-refractivity contribution in [3.8, 4) is 11.3 Å². The first-order valence-corrected chi connectivity index (χ1v) is 7.00. The van der Waals surface area contributed by atoms with E-state index in [0.29, 0.717) is 12.4 Å². The number of anilines is 1. The van der Waals surface area contributed by atoms with Gasteiger partial charge in [-0.3, -0.25) is 4.40 Å². The van der Waals surface area contributed by atoms with E-state index in [1.54, 1.807) is 7.11 Å². The van der Waals surface area contributed by atoms with Crippen molar-refractivity contribution in [2.75, 3.05) is 12.8 Å². The molecule has 0 unspecified atom stereocenters. The molecule has 0 fully saturated rings. The first kappa shape index (κ1) is 13.1. The summed E-state index contributed by atoms with van der Waals surface area (Å²) in [4.78, 5) is 4.63. The normalized spacial score (nSPS) is 11.1. The van der Waals surface area contributed by atoms with Gasteiger partial charge in [-0.15, -0.1) is 0 Å². The molecule has 0 saturated heterocycles. The Labute approximate surface area is 125 Å². The minimum Gasteiger partial charge on any atom is -0.383 e. The maximum atomic E-state index is 6.24. The van der Waals surface area contributed by atoms with Crippen LogP contribution >= 0.6 is 15.9 Å². The lowest BCUT2D eigenvalue weighted by Gasteiger charge is -2.07. The monoisotopic (exact) mass is 331 g/mol. The van der Waals surface area contributed by atoms with Crippen LogP contribution in [0.5, 0.6) is 0 Å². The summed E-state index contributed by atoms with van der Waals surface area (Å²) >= 11 is 3.45. The molecule has 0 amide bonds. The predicted molar refractivity (Wildman–Crippen MR) is 83.5 cm³/mol. The number of ether oxygens (including phenoxy) is 1. The number of hydrogen-bond donors (Lipinski definition) is 1. The number of benzene rings is 1. The molecule has 2 aromatic heterocycles. The van der Waals surface area contributed by atoms with Crippen LogP contribution in [0.4, 0.5) is 5.82 Å². The lowest BCUT2D eigenvalue weighted by Crippen LogP contribution is -1.97. The number of aromatic nitrogens is 2. The fraction of sp³-hybridized carbons (Fsp3) is 0.133. The van der Waals surface area contributed by atoms with Gasteiger partial charge in [0.25, 0.3) is 0 Å². The summed E-state index contributed by atoms with van der Waals surface area (Å²) < 4.78 is 8.08. The Bertz CT molecular complexity index is 767. The highest BCUT2D eigenvalue weighted by Gasteiger charge is 2.14. The molecule has 0 atom stereocenters. The van der Waals surface area contributed by atoms with E-state index in [2.05, 4.69) is 20.9 Å². The van der Waals surface area contributed by atoms with E-state index in [9.17, 15) is 0 Å². The van der Waals surface area contributed by atoms with Gasteiger partial charge in [-0.1, -0.05) is 24.3 Å². The van der Waals surface area contributed by atoms with E-state index < -0.39 is 0 Å². The van der Waals surface area contributed by atoms with Crippen LogP contribution in [0.2, 0.25) is 0 Å². The summed E-state index contributed by atoms with van der Waals surface area (Å²) in [6.45, 7) is 0.535. The number of halogens is 1. The van der Waals surface area contributed by atoms with Crippen molar-refractivity contribution in [1.29, 1.82) is 0 Å². The first-order chi connectivity index (χ1) is 9.70. The number of hydrogen-bond acceptors (Lipinski definition) is 3. The highest BCUT2D eigenvalue weighted by molar-refractivity contribution is 9.10. The molecule has 0 aliphatic rings. The summed E-state index contributed by atoms with van der Waals surface area (Å²) in [5.74, 6) is 0.629. The highest BCUT2D eigenvalue weighted by atomic mass is 79.9. The number of rotatable bonds is 3. The average molecular weight is 332 g/mol. The van der Waals surface area contributed by atoms with Crippen LogP contribution in [0.1, 0.15) is 5.56 Å². The molecule has 3 rings (SSSR count).